The van der Waals surface area contributed by atoms with Crippen molar-refractivity contribution in [3.63, 3.8) is 0 Å². The van der Waals surface area contributed by atoms with Crippen molar-refractivity contribution in [2.24, 2.45) is 5.10 Å². The first-order chi connectivity index (χ1) is 15.7. The number of halogens is 2. The summed E-state index contributed by atoms with van der Waals surface area (Å²) in [6.45, 7) is 7.44. The summed E-state index contributed by atoms with van der Waals surface area (Å²) in [6, 6.07) is 10.8. The first-order valence-electron chi connectivity index (χ1n) is 10.6. The zero-order chi connectivity index (χ0) is 24.1. The molecule has 3 aromatic rings. The molecule has 0 saturated heterocycles. The van der Waals surface area contributed by atoms with Crippen LogP contribution < -0.4 is 10.3 Å². The van der Waals surface area contributed by atoms with Crippen LogP contribution >= 0.6 is 31.9 Å². The van der Waals surface area contributed by atoms with Crippen molar-refractivity contribution in [2.45, 2.75) is 46.1 Å². The van der Waals surface area contributed by atoms with Crippen LogP contribution in [0.3, 0.4) is 0 Å². The van der Waals surface area contributed by atoms with Gasteiger partial charge < -0.3 is 9.47 Å². The first-order valence-corrected chi connectivity index (χ1v) is 12.2. The fourth-order valence-electron chi connectivity index (χ4n) is 3.05. The molecule has 0 spiro atoms. The molecule has 3 rings (SSSR count). The van der Waals surface area contributed by atoms with Crippen molar-refractivity contribution in [3.05, 3.63) is 67.1 Å². The Balaban J connectivity index is 1.90. The summed E-state index contributed by atoms with van der Waals surface area (Å²) in [5.74, 6) is 0.727. The SMILES string of the molecule is CC[C@H](C)c1nc2ccc(Br)cc2c(=O)n1N=Cc1ccc(OCC(=O)OC(C)C)c(Br)c1. The molecule has 33 heavy (non-hydrogen) atoms. The number of hydrogen-bond acceptors (Lipinski definition) is 6. The molecule has 1 atom stereocenters. The fraction of sp³-hybridized carbons (Fsp3) is 0.333. The molecule has 1 aromatic heterocycles. The van der Waals surface area contributed by atoms with Gasteiger partial charge in [-0.3, -0.25) is 4.79 Å². The number of ether oxygens (including phenoxy) is 2. The highest BCUT2D eigenvalue weighted by Crippen LogP contribution is 2.26. The maximum Gasteiger partial charge on any atom is 0.344 e. The second kappa shape index (κ2) is 11.1. The normalized spacial score (nSPS) is 12.5. The van der Waals surface area contributed by atoms with Gasteiger partial charge in [0.15, 0.2) is 6.61 Å². The van der Waals surface area contributed by atoms with Gasteiger partial charge in [-0.05, 0) is 78.2 Å². The summed E-state index contributed by atoms with van der Waals surface area (Å²) in [4.78, 5) is 29.6. The van der Waals surface area contributed by atoms with Crippen LogP contribution in [0.15, 0.2) is 55.2 Å². The van der Waals surface area contributed by atoms with Crippen molar-refractivity contribution < 1.29 is 14.3 Å². The third kappa shape index (κ3) is 6.29. The van der Waals surface area contributed by atoms with E-state index in [0.29, 0.717) is 26.9 Å². The third-order valence-electron chi connectivity index (χ3n) is 4.88. The number of fused-ring (bicyclic) bond motifs is 1. The van der Waals surface area contributed by atoms with Gasteiger partial charge in [0.05, 0.1) is 27.7 Å². The highest BCUT2D eigenvalue weighted by atomic mass is 79.9. The second-order valence-corrected chi connectivity index (χ2v) is 9.59. The number of carbonyl (C=O) groups excluding carboxylic acids is 1. The summed E-state index contributed by atoms with van der Waals surface area (Å²) in [7, 11) is 0. The van der Waals surface area contributed by atoms with Crippen LogP contribution in [0.5, 0.6) is 5.75 Å². The van der Waals surface area contributed by atoms with Gasteiger partial charge in [-0.15, -0.1) is 0 Å². The number of carbonyl (C=O) groups is 1. The molecule has 9 heteroatoms. The van der Waals surface area contributed by atoms with Gasteiger partial charge in [-0.2, -0.15) is 9.78 Å². The summed E-state index contributed by atoms with van der Waals surface area (Å²) in [6.07, 6.45) is 2.22. The molecule has 0 aliphatic heterocycles. The van der Waals surface area contributed by atoms with E-state index in [1.807, 2.05) is 26.0 Å². The predicted octanol–water partition coefficient (Wildman–Crippen LogP) is 5.65. The van der Waals surface area contributed by atoms with Crippen molar-refractivity contribution in [1.82, 2.24) is 9.66 Å². The Morgan fingerprint density at radius 3 is 2.61 bits per heavy atom. The van der Waals surface area contributed by atoms with Gasteiger partial charge in [-0.25, -0.2) is 9.78 Å². The minimum Gasteiger partial charge on any atom is -0.481 e. The first kappa shape index (κ1) is 25.1. The topological polar surface area (TPSA) is 82.8 Å². The number of esters is 1. The van der Waals surface area contributed by atoms with E-state index in [0.717, 1.165) is 16.5 Å². The van der Waals surface area contributed by atoms with Gasteiger partial charge in [0.1, 0.15) is 11.6 Å². The third-order valence-corrected chi connectivity index (χ3v) is 5.99. The lowest BCUT2D eigenvalue weighted by molar-refractivity contribution is -0.149. The molecular weight excluding hydrogens is 554 g/mol. The Morgan fingerprint density at radius 2 is 1.94 bits per heavy atom. The molecule has 0 N–H and O–H groups in total. The van der Waals surface area contributed by atoms with Crippen molar-refractivity contribution in [1.29, 1.82) is 0 Å². The molecule has 2 aromatic carbocycles. The summed E-state index contributed by atoms with van der Waals surface area (Å²) in [5.41, 5.74) is 1.16. The van der Waals surface area contributed by atoms with Crippen LogP contribution in [0.1, 0.15) is 51.4 Å². The highest BCUT2D eigenvalue weighted by molar-refractivity contribution is 9.10. The van der Waals surface area contributed by atoms with E-state index in [1.54, 1.807) is 44.3 Å². The van der Waals surface area contributed by atoms with E-state index < -0.39 is 5.97 Å². The Bertz CT molecular complexity index is 1250. The fourth-order valence-corrected chi connectivity index (χ4v) is 3.92. The highest BCUT2D eigenvalue weighted by Gasteiger charge is 2.16. The summed E-state index contributed by atoms with van der Waals surface area (Å²) < 4.78 is 13.4. The predicted molar refractivity (Wildman–Crippen MR) is 136 cm³/mol. The number of benzene rings is 2. The number of nitrogens with zero attached hydrogens (tertiary/aromatic N) is 3. The van der Waals surface area contributed by atoms with Crippen LogP contribution in [-0.2, 0) is 9.53 Å². The average molecular weight is 579 g/mol. The Labute approximate surface area is 209 Å². The van der Waals surface area contributed by atoms with E-state index in [-0.39, 0.29) is 24.2 Å². The smallest absolute Gasteiger partial charge is 0.344 e. The van der Waals surface area contributed by atoms with E-state index >= 15 is 0 Å². The van der Waals surface area contributed by atoms with Crippen LogP contribution in [0.4, 0.5) is 0 Å². The van der Waals surface area contributed by atoms with Crippen LogP contribution in [0, 0.1) is 0 Å². The molecule has 0 aliphatic rings. The molecule has 174 valence electrons. The second-order valence-electron chi connectivity index (χ2n) is 7.82. The zero-order valence-corrected chi connectivity index (χ0v) is 22.0. The molecule has 7 nitrogen and oxygen atoms in total. The van der Waals surface area contributed by atoms with Gasteiger partial charge in [0.2, 0.25) is 0 Å². The average Bonchev–Trinajstić information content (AvgIpc) is 2.77. The van der Waals surface area contributed by atoms with Crippen molar-refractivity contribution >= 4 is 54.9 Å². The molecule has 0 amide bonds. The standard InChI is InChI=1S/C24H25Br2N3O4/c1-5-15(4)23-28-20-8-7-17(25)11-18(20)24(31)29(23)27-12-16-6-9-21(19(26)10-16)32-13-22(30)33-14(2)3/h6-12,14-15H,5,13H2,1-4H3/t15-/m0/s1. The molecule has 0 radical (unpaired) electrons. The number of rotatable bonds is 8. The Hall–Kier alpha value is -2.52. The maximum absolute atomic E-state index is 13.2. The van der Waals surface area contributed by atoms with Gasteiger partial charge in [-0.1, -0.05) is 29.8 Å². The number of hydrogen-bond donors (Lipinski definition) is 0. The number of aromatic nitrogens is 2. The molecule has 0 unspecified atom stereocenters. The zero-order valence-electron chi connectivity index (χ0n) is 18.8. The molecule has 0 bridgehead atoms. The molecular formula is C24H25Br2N3O4. The molecule has 0 saturated carbocycles. The van der Waals surface area contributed by atoms with Gasteiger partial charge >= 0.3 is 5.97 Å². The quantitative estimate of drug-likeness (QED) is 0.255. The van der Waals surface area contributed by atoms with E-state index in [4.69, 9.17) is 14.5 Å². The minimum absolute atomic E-state index is 0.0519. The maximum atomic E-state index is 13.2. The lowest BCUT2D eigenvalue weighted by Crippen LogP contribution is -2.23. The van der Waals surface area contributed by atoms with Crippen LogP contribution in [0.2, 0.25) is 0 Å². The van der Waals surface area contributed by atoms with Gasteiger partial charge in [0, 0.05) is 10.4 Å². The molecule has 1 heterocycles. The molecule has 0 aliphatic carbocycles. The molecule has 0 fully saturated rings. The largest absolute Gasteiger partial charge is 0.481 e. The van der Waals surface area contributed by atoms with Crippen molar-refractivity contribution in [2.75, 3.05) is 6.61 Å². The summed E-state index contributed by atoms with van der Waals surface area (Å²) >= 11 is 6.87. The lowest BCUT2D eigenvalue weighted by atomic mass is 10.1. The monoisotopic (exact) mass is 577 g/mol. The van der Waals surface area contributed by atoms with E-state index in [1.165, 1.54) is 4.68 Å². The summed E-state index contributed by atoms with van der Waals surface area (Å²) in [5, 5.41) is 4.96. The Morgan fingerprint density at radius 1 is 1.18 bits per heavy atom. The van der Waals surface area contributed by atoms with Crippen molar-refractivity contribution in [3.8, 4) is 5.75 Å². The lowest BCUT2D eigenvalue weighted by Gasteiger charge is -2.14. The minimum atomic E-state index is -0.435. The Kier molecular flexibility index (Phi) is 8.42. The van der Waals surface area contributed by atoms with Crippen LogP contribution in [-0.4, -0.2) is 34.6 Å². The van der Waals surface area contributed by atoms with E-state index in [9.17, 15) is 9.59 Å². The van der Waals surface area contributed by atoms with Gasteiger partial charge in [0.25, 0.3) is 5.56 Å². The van der Waals surface area contributed by atoms with E-state index in [2.05, 4.69) is 37.0 Å². The van der Waals surface area contributed by atoms with Crippen LogP contribution in [0.25, 0.3) is 10.9 Å².